The summed E-state index contributed by atoms with van der Waals surface area (Å²) in [7, 11) is 0. The molecule has 195 valence electrons. The zero-order valence-corrected chi connectivity index (χ0v) is 25.1. The Bertz CT molecular complexity index is 1260. The summed E-state index contributed by atoms with van der Waals surface area (Å²) in [5.74, 6) is 0. The molecular formula is C36H41OTi. The average molecular weight is 538 g/mol. The van der Waals surface area contributed by atoms with E-state index in [-0.39, 0.29) is 33.7 Å². The molecule has 0 fully saturated rings. The summed E-state index contributed by atoms with van der Waals surface area (Å²) in [6.07, 6.45) is 0. The minimum absolute atomic E-state index is 0. The number of aliphatic hydroxyl groups is 1. The zero-order valence-electron chi connectivity index (χ0n) is 23.5. The monoisotopic (exact) mass is 537 g/mol. The maximum Gasteiger partial charge on any atom is 3.00 e. The van der Waals surface area contributed by atoms with Crippen molar-refractivity contribution in [3.8, 4) is 11.1 Å². The van der Waals surface area contributed by atoms with Crippen molar-refractivity contribution in [1.82, 2.24) is 0 Å². The summed E-state index contributed by atoms with van der Waals surface area (Å²) >= 11 is 0. The van der Waals surface area contributed by atoms with Crippen LogP contribution in [0.5, 0.6) is 0 Å². The molecule has 5 rings (SSSR count). The molecule has 0 bridgehead atoms. The number of fused-ring (bicyclic) bond motifs is 1. The van der Waals surface area contributed by atoms with Gasteiger partial charge in [0.1, 0.15) is 0 Å². The van der Waals surface area contributed by atoms with Crippen LogP contribution in [0.15, 0.2) is 115 Å². The minimum atomic E-state index is 0. The topological polar surface area (TPSA) is 20.2 Å². The zero-order chi connectivity index (χ0) is 27.3. The third-order valence-corrected chi connectivity index (χ3v) is 5.64. The first-order chi connectivity index (χ1) is 17.7. The molecule has 1 radical (unpaired) electrons. The Balaban J connectivity index is 0.000000329. The second kappa shape index (κ2) is 16.7. The molecule has 1 nitrogen and oxygen atoms in total. The maximum atomic E-state index is 7.57. The molecule has 0 heterocycles. The van der Waals surface area contributed by atoms with Gasteiger partial charge in [-0.2, -0.15) is 55.3 Å². The molecular weight excluding hydrogens is 496 g/mol. The van der Waals surface area contributed by atoms with Crippen LogP contribution in [0.3, 0.4) is 0 Å². The molecule has 0 aliphatic heterocycles. The maximum absolute atomic E-state index is 7.57. The van der Waals surface area contributed by atoms with Crippen molar-refractivity contribution in [3.63, 3.8) is 0 Å². The van der Waals surface area contributed by atoms with Gasteiger partial charge in [0.25, 0.3) is 0 Å². The normalized spacial score (nSPS) is 9.95. The number of benzene rings is 4. The average Bonchev–Trinajstić information content (AvgIpc) is 3.26. The molecule has 0 aliphatic carbocycles. The first kappa shape index (κ1) is 32.9. The number of hydrogen-bond acceptors (Lipinski definition) is 1. The molecule has 0 unspecified atom stereocenters. The van der Waals surface area contributed by atoms with Gasteiger partial charge in [0.2, 0.25) is 0 Å². The van der Waals surface area contributed by atoms with E-state index in [0.717, 1.165) is 11.1 Å². The van der Waals surface area contributed by atoms with E-state index in [1.165, 1.54) is 33.0 Å². The number of aryl methyl sites for hydroxylation is 1. The molecule has 0 saturated heterocycles. The summed E-state index contributed by atoms with van der Waals surface area (Å²) in [5, 5.41) is 10.3. The Morgan fingerprint density at radius 2 is 1.18 bits per heavy atom. The van der Waals surface area contributed by atoms with Crippen LogP contribution in [0.4, 0.5) is 0 Å². The Morgan fingerprint density at radius 3 is 1.58 bits per heavy atom. The second-order valence-electron chi connectivity index (χ2n) is 9.96. The van der Waals surface area contributed by atoms with Crippen molar-refractivity contribution in [2.24, 2.45) is 0 Å². The molecule has 2 heteroatoms. The van der Waals surface area contributed by atoms with E-state index in [9.17, 15) is 0 Å². The third-order valence-electron chi connectivity index (χ3n) is 5.64. The molecule has 0 saturated carbocycles. The number of hydrogen-bond donors (Lipinski definition) is 1. The molecule has 38 heavy (non-hydrogen) atoms. The molecule has 1 N–H and O–H groups in total. The molecule has 0 amide bonds. The van der Waals surface area contributed by atoms with Crippen molar-refractivity contribution in [3.05, 3.63) is 151 Å². The van der Waals surface area contributed by atoms with Crippen molar-refractivity contribution in [2.75, 3.05) is 6.61 Å². The van der Waals surface area contributed by atoms with Gasteiger partial charge in [0.15, 0.2) is 0 Å². The fourth-order valence-electron chi connectivity index (χ4n) is 3.74. The molecule has 0 aliphatic rings. The van der Waals surface area contributed by atoms with Crippen LogP contribution < -0.4 is 0 Å². The van der Waals surface area contributed by atoms with E-state index in [1.54, 1.807) is 6.92 Å². The van der Waals surface area contributed by atoms with Gasteiger partial charge in [0, 0.05) is 6.61 Å². The van der Waals surface area contributed by atoms with Crippen LogP contribution >= 0.6 is 0 Å². The van der Waals surface area contributed by atoms with Crippen molar-refractivity contribution in [1.29, 1.82) is 0 Å². The smallest absolute Gasteiger partial charge is 0.397 e. The Kier molecular flexibility index (Phi) is 14.5. The molecule has 0 aromatic heterocycles. The number of aliphatic hydroxyl groups excluding tert-OH is 1. The Labute approximate surface area is 245 Å². The van der Waals surface area contributed by atoms with E-state index >= 15 is 0 Å². The van der Waals surface area contributed by atoms with Crippen molar-refractivity contribution in [2.45, 2.75) is 40.0 Å². The predicted octanol–water partition coefficient (Wildman–Crippen LogP) is 9.57. The SMILES string of the molecule is CCO.Cc1cc2c(-c3ccc(C(C)(C)C)cc3)cccc2[cH-]1.[CH2-]c1ccccc1.[CH2-]c1ccccc1.[Ti+3]. The summed E-state index contributed by atoms with van der Waals surface area (Å²) < 4.78 is 0. The molecule has 0 spiro atoms. The van der Waals surface area contributed by atoms with Crippen LogP contribution in [0.25, 0.3) is 21.9 Å². The van der Waals surface area contributed by atoms with Gasteiger partial charge >= 0.3 is 21.7 Å². The first-order valence-electron chi connectivity index (χ1n) is 12.8. The Morgan fingerprint density at radius 1 is 0.711 bits per heavy atom. The van der Waals surface area contributed by atoms with Gasteiger partial charge in [-0.05, 0) is 23.5 Å². The summed E-state index contributed by atoms with van der Waals surface area (Å²) in [6.45, 7) is 18.3. The van der Waals surface area contributed by atoms with Crippen LogP contribution in [0, 0.1) is 20.8 Å². The van der Waals surface area contributed by atoms with Crippen LogP contribution in [0.1, 0.15) is 49.9 Å². The molecule has 0 atom stereocenters. The van der Waals surface area contributed by atoms with Crippen LogP contribution in [0.2, 0.25) is 0 Å². The fourth-order valence-corrected chi connectivity index (χ4v) is 3.74. The standard InChI is InChI=1S/C20H21.2C7H7.C2H6O.Ti/c1-14-12-16-6-5-7-18(19(16)13-14)15-8-10-17(11-9-15)20(2,3)4;2*1-7-5-3-2-4-6-7;1-2-3;/h5-13H,1-4H3;2*2-6H,1H2;3H,2H2,1H3;/q3*-1;;+3. The van der Waals surface area contributed by atoms with E-state index in [0.29, 0.717) is 0 Å². The van der Waals surface area contributed by atoms with Crippen LogP contribution in [-0.4, -0.2) is 11.7 Å². The Hall–Kier alpha value is -3.10. The molecule has 5 aromatic rings. The summed E-state index contributed by atoms with van der Waals surface area (Å²) in [4.78, 5) is 0. The fraction of sp³-hybridized carbons (Fsp3) is 0.194. The largest absolute Gasteiger partial charge is 3.00 e. The summed E-state index contributed by atoms with van der Waals surface area (Å²) in [6, 6.07) is 39.8. The van der Waals surface area contributed by atoms with Crippen molar-refractivity contribution < 1.29 is 26.8 Å². The summed E-state index contributed by atoms with van der Waals surface area (Å²) in [5.41, 5.74) is 7.70. The van der Waals surface area contributed by atoms with Gasteiger partial charge in [-0.15, -0.1) is 58.8 Å². The van der Waals surface area contributed by atoms with E-state index < -0.39 is 0 Å². The quantitative estimate of drug-likeness (QED) is 0.167. The van der Waals surface area contributed by atoms with Gasteiger partial charge in [-0.3, -0.25) is 0 Å². The number of rotatable bonds is 1. The van der Waals surface area contributed by atoms with Gasteiger partial charge in [-0.1, -0.05) is 75.7 Å². The van der Waals surface area contributed by atoms with Gasteiger partial charge in [-0.25, -0.2) is 0 Å². The van der Waals surface area contributed by atoms with E-state index in [4.69, 9.17) is 5.11 Å². The second-order valence-corrected chi connectivity index (χ2v) is 9.96. The van der Waals surface area contributed by atoms with Gasteiger partial charge in [0.05, 0.1) is 0 Å². The van der Waals surface area contributed by atoms with E-state index in [1.807, 2.05) is 60.7 Å². The third kappa shape index (κ3) is 11.1. The minimum Gasteiger partial charge on any atom is -0.397 e. The first-order valence-corrected chi connectivity index (χ1v) is 12.8. The van der Waals surface area contributed by atoms with Crippen molar-refractivity contribution >= 4 is 10.8 Å². The van der Waals surface area contributed by atoms with Crippen LogP contribution in [-0.2, 0) is 27.1 Å². The predicted molar refractivity (Wildman–Crippen MR) is 163 cm³/mol. The molecule has 5 aromatic carbocycles. The van der Waals surface area contributed by atoms with Gasteiger partial charge < -0.3 is 5.11 Å². The van der Waals surface area contributed by atoms with E-state index in [2.05, 4.69) is 96.1 Å².